The van der Waals surface area contributed by atoms with Gasteiger partial charge in [0.25, 0.3) is 0 Å². The first kappa shape index (κ1) is 13.0. The van der Waals surface area contributed by atoms with Crippen LogP contribution in [0, 0.1) is 17.2 Å². The smallest absolute Gasteiger partial charge is 0.315 e. The van der Waals surface area contributed by atoms with E-state index < -0.39 is 17.8 Å². The number of nitrogens with one attached hydrogen (secondary N) is 1. The molecular weight excluding hydrogens is 244 g/mol. The number of amides is 1. The van der Waals surface area contributed by atoms with E-state index in [1.54, 1.807) is 0 Å². The van der Waals surface area contributed by atoms with Gasteiger partial charge in [-0.15, -0.1) is 0 Å². The summed E-state index contributed by atoms with van der Waals surface area (Å²) in [7, 11) is 0. The summed E-state index contributed by atoms with van der Waals surface area (Å²) in [6.45, 7) is 1.28. The molecule has 5 nitrogen and oxygen atoms in total. The summed E-state index contributed by atoms with van der Waals surface area (Å²) in [5.74, 6) is -3.02. The zero-order valence-electron chi connectivity index (χ0n) is 8.90. The molecule has 1 unspecified atom stereocenters. The maximum atomic E-state index is 11.4. The second-order valence-corrected chi connectivity index (χ2v) is 3.76. The molecule has 17 heavy (non-hydrogen) atoms. The Morgan fingerprint density at radius 3 is 2.71 bits per heavy atom. The number of nitrogens with zero attached hydrogens (tertiary/aromatic N) is 1. The molecule has 0 radical (unpaired) electrons. The molecule has 0 saturated carbocycles. The zero-order chi connectivity index (χ0) is 13.0. The van der Waals surface area contributed by atoms with E-state index in [1.165, 1.54) is 25.1 Å². The second-order valence-electron chi connectivity index (χ2n) is 3.36. The van der Waals surface area contributed by atoms with Crippen molar-refractivity contribution < 1.29 is 14.7 Å². The van der Waals surface area contributed by atoms with Crippen LogP contribution in [0.4, 0.5) is 5.69 Å². The van der Waals surface area contributed by atoms with Crippen LogP contribution in [0.5, 0.6) is 0 Å². The fourth-order valence-corrected chi connectivity index (χ4v) is 1.21. The number of hydrogen-bond donors (Lipinski definition) is 2. The highest BCUT2D eigenvalue weighted by atomic mass is 35.5. The summed E-state index contributed by atoms with van der Waals surface area (Å²) in [5, 5.41) is 20.0. The standard InChI is InChI=1S/C11H9ClN2O3/c1-6(11(16)17)10(15)14-8-2-3-9(12)7(4-8)5-13/h2-4,6H,1H3,(H,14,15)(H,16,17). The molecule has 0 fully saturated rings. The Morgan fingerprint density at radius 2 is 2.18 bits per heavy atom. The van der Waals surface area contributed by atoms with Gasteiger partial charge in [-0.3, -0.25) is 9.59 Å². The van der Waals surface area contributed by atoms with Crippen LogP contribution in [0.2, 0.25) is 5.02 Å². The van der Waals surface area contributed by atoms with E-state index in [1.807, 2.05) is 6.07 Å². The molecule has 0 aliphatic heterocycles. The Hall–Kier alpha value is -2.06. The Labute approximate surface area is 103 Å². The second kappa shape index (κ2) is 5.32. The van der Waals surface area contributed by atoms with Crippen LogP contribution in [0.1, 0.15) is 12.5 Å². The van der Waals surface area contributed by atoms with E-state index >= 15 is 0 Å². The maximum absolute atomic E-state index is 11.4. The van der Waals surface area contributed by atoms with Gasteiger partial charge >= 0.3 is 5.97 Å². The third kappa shape index (κ3) is 3.20. The van der Waals surface area contributed by atoms with E-state index in [-0.39, 0.29) is 10.6 Å². The number of rotatable bonds is 3. The van der Waals surface area contributed by atoms with E-state index in [0.717, 1.165) is 0 Å². The summed E-state index contributed by atoms with van der Waals surface area (Å²) in [5.41, 5.74) is 0.552. The predicted octanol–water partition coefficient (Wildman–Crippen LogP) is 1.87. The number of carbonyl (C=O) groups is 2. The topological polar surface area (TPSA) is 90.2 Å². The molecule has 1 rings (SSSR count). The normalized spacial score (nSPS) is 11.4. The van der Waals surface area contributed by atoms with Crippen molar-refractivity contribution in [1.29, 1.82) is 5.26 Å². The van der Waals surface area contributed by atoms with Crippen molar-refractivity contribution >= 4 is 29.2 Å². The Bertz CT molecular complexity index is 508. The van der Waals surface area contributed by atoms with Gasteiger partial charge in [-0.05, 0) is 25.1 Å². The molecule has 0 spiro atoms. The van der Waals surface area contributed by atoms with Gasteiger partial charge < -0.3 is 10.4 Å². The minimum Gasteiger partial charge on any atom is -0.481 e. The van der Waals surface area contributed by atoms with Crippen LogP contribution in [0.15, 0.2) is 18.2 Å². The highest BCUT2D eigenvalue weighted by Gasteiger charge is 2.20. The lowest BCUT2D eigenvalue weighted by atomic mass is 10.1. The van der Waals surface area contributed by atoms with E-state index in [2.05, 4.69) is 5.32 Å². The molecule has 6 heteroatoms. The van der Waals surface area contributed by atoms with Gasteiger partial charge in [0, 0.05) is 5.69 Å². The van der Waals surface area contributed by atoms with Gasteiger partial charge in [-0.25, -0.2) is 0 Å². The first-order chi connectivity index (χ1) is 7.95. The number of carboxylic acids is 1. The Kier molecular flexibility index (Phi) is 4.07. The van der Waals surface area contributed by atoms with Gasteiger partial charge in [0.1, 0.15) is 12.0 Å². The van der Waals surface area contributed by atoms with Crippen LogP contribution >= 0.6 is 11.6 Å². The number of aliphatic carboxylic acids is 1. The maximum Gasteiger partial charge on any atom is 0.315 e. The van der Waals surface area contributed by atoms with Gasteiger partial charge in [-0.1, -0.05) is 11.6 Å². The molecule has 0 aromatic heterocycles. The van der Waals surface area contributed by atoms with Crippen molar-refractivity contribution in [1.82, 2.24) is 0 Å². The molecule has 2 N–H and O–H groups in total. The van der Waals surface area contributed by atoms with Crippen molar-refractivity contribution in [2.45, 2.75) is 6.92 Å². The Balaban J connectivity index is 2.87. The summed E-state index contributed by atoms with van der Waals surface area (Å²) in [6.07, 6.45) is 0. The molecule has 0 saturated heterocycles. The van der Waals surface area contributed by atoms with Crippen molar-refractivity contribution in [3.05, 3.63) is 28.8 Å². The molecule has 88 valence electrons. The van der Waals surface area contributed by atoms with Gasteiger partial charge in [0.05, 0.1) is 10.6 Å². The molecule has 0 heterocycles. The highest BCUT2D eigenvalue weighted by molar-refractivity contribution is 6.31. The predicted molar refractivity (Wildman–Crippen MR) is 61.6 cm³/mol. The third-order valence-electron chi connectivity index (χ3n) is 2.12. The Morgan fingerprint density at radius 1 is 1.53 bits per heavy atom. The fourth-order valence-electron chi connectivity index (χ4n) is 1.05. The van der Waals surface area contributed by atoms with Crippen molar-refractivity contribution in [3.8, 4) is 6.07 Å². The number of carbonyl (C=O) groups excluding carboxylic acids is 1. The van der Waals surface area contributed by atoms with Gasteiger partial charge in [0.2, 0.25) is 5.91 Å². The van der Waals surface area contributed by atoms with Crippen molar-refractivity contribution in [2.24, 2.45) is 5.92 Å². The monoisotopic (exact) mass is 252 g/mol. The van der Waals surface area contributed by atoms with Crippen LogP contribution in [-0.2, 0) is 9.59 Å². The van der Waals surface area contributed by atoms with Gasteiger partial charge in [-0.2, -0.15) is 5.26 Å². The van der Waals surface area contributed by atoms with Crippen molar-refractivity contribution in [3.63, 3.8) is 0 Å². The van der Waals surface area contributed by atoms with E-state index in [9.17, 15) is 9.59 Å². The number of anilines is 1. The van der Waals surface area contributed by atoms with Gasteiger partial charge in [0.15, 0.2) is 0 Å². The fraction of sp³-hybridized carbons (Fsp3) is 0.182. The average molecular weight is 253 g/mol. The molecule has 0 bridgehead atoms. The molecule has 1 aromatic carbocycles. The van der Waals surface area contributed by atoms with Crippen LogP contribution < -0.4 is 5.32 Å². The largest absolute Gasteiger partial charge is 0.481 e. The molecule has 0 aliphatic carbocycles. The highest BCUT2D eigenvalue weighted by Crippen LogP contribution is 2.20. The van der Waals surface area contributed by atoms with Crippen LogP contribution in [-0.4, -0.2) is 17.0 Å². The first-order valence-corrected chi connectivity index (χ1v) is 5.07. The lowest BCUT2D eigenvalue weighted by Crippen LogP contribution is -2.26. The zero-order valence-corrected chi connectivity index (χ0v) is 9.65. The first-order valence-electron chi connectivity index (χ1n) is 4.69. The van der Waals surface area contributed by atoms with E-state index in [4.69, 9.17) is 22.0 Å². The lowest BCUT2D eigenvalue weighted by molar-refractivity contribution is -0.144. The number of carboxylic acid groups (broad SMARTS) is 1. The summed E-state index contributed by atoms with van der Waals surface area (Å²) < 4.78 is 0. The quantitative estimate of drug-likeness (QED) is 0.804. The summed E-state index contributed by atoms with van der Waals surface area (Å²) >= 11 is 5.72. The number of halogens is 1. The minimum absolute atomic E-state index is 0.215. The van der Waals surface area contributed by atoms with Crippen LogP contribution in [0.3, 0.4) is 0 Å². The summed E-state index contributed by atoms with van der Waals surface area (Å²) in [6, 6.07) is 6.20. The third-order valence-corrected chi connectivity index (χ3v) is 2.45. The average Bonchev–Trinajstić information content (AvgIpc) is 2.30. The molecule has 1 aromatic rings. The molecule has 1 atom stereocenters. The minimum atomic E-state index is -1.21. The van der Waals surface area contributed by atoms with Crippen molar-refractivity contribution in [2.75, 3.05) is 5.32 Å². The molecule has 1 amide bonds. The van der Waals surface area contributed by atoms with E-state index in [0.29, 0.717) is 5.69 Å². The molecular formula is C11H9ClN2O3. The molecule has 0 aliphatic rings. The lowest BCUT2D eigenvalue weighted by Gasteiger charge is -2.08. The number of benzene rings is 1. The SMILES string of the molecule is CC(C(=O)O)C(=O)Nc1ccc(Cl)c(C#N)c1. The number of hydrogen-bond acceptors (Lipinski definition) is 3. The van der Waals surface area contributed by atoms with Crippen LogP contribution in [0.25, 0.3) is 0 Å². The number of nitriles is 1. The summed E-state index contributed by atoms with van der Waals surface area (Å²) in [4.78, 5) is 22.0.